The van der Waals surface area contributed by atoms with Crippen LogP contribution in [0, 0.1) is 5.41 Å². The molecule has 20 heavy (non-hydrogen) atoms. The van der Waals surface area contributed by atoms with Crippen molar-refractivity contribution in [1.29, 1.82) is 0 Å². The van der Waals surface area contributed by atoms with Crippen LogP contribution in [0.3, 0.4) is 0 Å². The maximum Gasteiger partial charge on any atom is 0.191 e. The highest BCUT2D eigenvalue weighted by atomic mass is 15.2. The molecule has 0 aromatic heterocycles. The van der Waals surface area contributed by atoms with Gasteiger partial charge in [0.1, 0.15) is 0 Å². The van der Waals surface area contributed by atoms with Crippen LogP contribution >= 0.6 is 0 Å². The molecule has 2 N–H and O–H groups in total. The van der Waals surface area contributed by atoms with Gasteiger partial charge in [-0.1, -0.05) is 13.8 Å². The van der Waals surface area contributed by atoms with E-state index in [0.29, 0.717) is 23.5 Å². The second-order valence-corrected chi connectivity index (χ2v) is 7.26. The molecular weight excluding hydrogens is 248 g/mol. The molecular formula is C16H32N4. The van der Waals surface area contributed by atoms with Crippen molar-refractivity contribution in [1.82, 2.24) is 15.5 Å². The van der Waals surface area contributed by atoms with Gasteiger partial charge < -0.3 is 15.5 Å². The van der Waals surface area contributed by atoms with E-state index in [1.54, 1.807) is 0 Å². The number of rotatable bonds is 4. The molecule has 1 saturated heterocycles. The average Bonchev–Trinajstić information content (AvgIpc) is 2.97. The Hall–Kier alpha value is -0.770. The first-order valence-electron chi connectivity index (χ1n) is 8.24. The average molecular weight is 280 g/mol. The number of guanidine groups is 1. The van der Waals surface area contributed by atoms with E-state index in [1.807, 2.05) is 0 Å². The maximum atomic E-state index is 4.60. The molecule has 1 aliphatic heterocycles. The fraction of sp³-hybridized carbons (Fsp3) is 0.938. The molecule has 2 rings (SSSR count). The third-order valence-corrected chi connectivity index (χ3v) is 4.74. The van der Waals surface area contributed by atoms with E-state index in [1.165, 1.54) is 32.4 Å². The van der Waals surface area contributed by atoms with Crippen LogP contribution in [0.1, 0.15) is 53.9 Å². The van der Waals surface area contributed by atoms with Gasteiger partial charge in [0.25, 0.3) is 0 Å². The standard InChI is InChI=1S/C16H32N4/c1-6-17-15(19-14-11-16(14,4)5)18-13-7-9-20(10-8-13)12(2)3/h12-14H,6-11H2,1-5H3,(H2,17,18,19). The van der Waals surface area contributed by atoms with Crippen molar-refractivity contribution in [3.05, 3.63) is 0 Å². The highest BCUT2D eigenvalue weighted by molar-refractivity contribution is 5.80. The van der Waals surface area contributed by atoms with E-state index in [9.17, 15) is 0 Å². The Bertz CT molecular complexity index is 340. The molecule has 2 aliphatic rings. The fourth-order valence-electron chi connectivity index (χ4n) is 2.92. The molecule has 116 valence electrons. The Morgan fingerprint density at radius 1 is 1.25 bits per heavy atom. The smallest absolute Gasteiger partial charge is 0.191 e. The Morgan fingerprint density at radius 2 is 1.85 bits per heavy atom. The lowest BCUT2D eigenvalue weighted by atomic mass is 10.0. The third-order valence-electron chi connectivity index (χ3n) is 4.74. The van der Waals surface area contributed by atoms with Crippen molar-refractivity contribution < 1.29 is 0 Å². The van der Waals surface area contributed by atoms with Crippen molar-refractivity contribution in [2.75, 3.05) is 19.6 Å². The number of hydrogen-bond acceptors (Lipinski definition) is 2. The van der Waals surface area contributed by atoms with Crippen LogP contribution in [0.5, 0.6) is 0 Å². The van der Waals surface area contributed by atoms with E-state index in [0.717, 1.165) is 12.5 Å². The van der Waals surface area contributed by atoms with Crippen molar-refractivity contribution in [2.45, 2.75) is 72.0 Å². The van der Waals surface area contributed by atoms with Gasteiger partial charge in [-0.25, -0.2) is 0 Å². The Balaban J connectivity index is 1.79. The second-order valence-electron chi connectivity index (χ2n) is 7.26. The first-order valence-corrected chi connectivity index (χ1v) is 8.24. The van der Waals surface area contributed by atoms with E-state index < -0.39 is 0 Å². The zero-order valence-electron chi connectivity index (χ0n) is 13.9. The van der Waals surface area contributed by atoms with Crippen LogP contribution in [0.4, 0.5) is 0 Å². The quantitative estimate of drug-likeness (QED) is 0.613. The Morgan fingerprint density at radius 3 is 2.30 bits per heavy atom. The molecule has 1 atom stereocenters. The minimum atomic E-state index is 0.442. The lowest BCUT2D eigenvalue weighted by Crippen LogP contribution is -2.50. The number of nitrogens with one attached hydrogen (secondary N) is 2. The van der Waals surface area contributed by atoms with E-state index in [2.05, 4.69) is 55.1 Å². The van der Waals surface area contributed by atoms with Crippen LogP contribution in [0.15, 0.2) is 4.99 Å². The minimum Gasteiger partial charge on any atom is -0.354 e. The van der Waals surface area contributed by atoms with Crippen LogP contribution in [-0.4, -0.2) is 48.6 Å². The van der Waals surface area contributed by atoms with Crippen molar-refractivity contribution in [3.63, 3.8) is 0 Å². The normalized spacial score (nSPS) is 27.7. The van der Waals surface area contributed by atoms with Gasteiger partial charge in [0.05, 0.1) is 0 Å². The summed E-state index contributed by atoms with van der Waals surface area (Å²) in [5.74, 6) is 1.02. The molecule has 0 spiro atoms. The zero-order chi connectivity index (χ0) is 14.8. The molecule has 0 amide bonds. The number of piperidine rings is 1. The molecule has 4 nitrogen and oxygen atoms in total. The highest BCUT2D eigenvalue weighted by Gasteiger charge is 2.46. The number of nitrogens with zero attached hydrogens (tertiary/aromatic N) is 2. The Labute approximate surface area is 124 Å². The summed E-state index contributed by atoms with van der Waals surface area (Å²) in [7, 11) is 0. The molecule has 4 heteroatoms. The first kappa shape index (κ1) is 15.6. The van der Waals surface area contributed by atoms with Crippen LogP contribution in [0.25, 0.3) is 0 Å². The summed E-state index contributed by atoms with van der Waals surface area (Å²) in [5.41, 5.74) is 0.442. The summed E-state index contributed by atoms with van der Waals surface area (Å²) in [5, 5.41) is 7.23. The summed E-state index contributed by atoms with van der Waals surface area (Å²) in [6.07, 6.45) is 3.69. The van der Waals surface area contributed by atoms with Crippen molar-refractivity contribution in [2.24, 2.45) is 10.4 Å². The second kappa shape index (κ2) is 6.33. The van der Waals surface area contributed by atoms with Gasteiger partial charge in [-0.05, 0) is 45.4 Å². The predicted octanol–water partition coefficient (Wildman–Crippen LogP) is 2.21. The largest absolute Gasteiger partial charge is 0.354 e. The van der Waals surface area contributed by atoms with Crippen LogP contribution in [-0.2, 0) is 0 Å². The molecule has 0 radical (unpaired) electrons. The van der Waals surface area contributed by atoms with E-state index in [-0.39, 0.29) is 0 Å². The van der Waals surface area contributed by atoms with Gasteiger partial charge in [-0.2, -0.15) is 0 Å². The topological polar surface area (TPSA) is 39.7 Å². The highest BCUT2D eigenvalue weighted by Crippen LogP contribution is 2.44. The SMILES string of the molecule is CCN=C(NC1CCN(C(C)C)CC1)NC1CC1(C)C. The van der Waals surface area contributed by atoms with Gasteiger partial charge in [0.2, 0.25) is 0 Å². The summed E-state index contributed by atoms with van der Waals surface area (Å²) < 4.78 is 0. The zero-order valence-corrected chi connectivity index (χ0v) is 13.9. The monoisotopic (exact) mass is 280 g/mol. The fourth-order valence-corrected chi connectivity index (χ4v) is 2.92. The molecule has 0 aromatic carbocycles. The van der Waals surface area contributed by atoms with E-state index in [4.69, 9.17) is 0 Å². The number of hydrogen-bond donors (Lipinski definition) is 2. The molecule has 1 heterocycles. The van der Waals surface area contributed by atoms with E-state index >= 15 is 0 Å². The minimum absolute atomic E-state index is 0.442. The van der Waals surface area contributed by atoms with Gasteiger partial charge in [0.15, 0.2) is 5.96 Å². The van der Waals surface area contributed by atoms with Crippen LogP contribution < -0.4 is 10.6 Å². The summed E-state index contributed by atoms with van der Waals surface area (Å²) in [6, 6.07) is 1.84. The maximum absolute atomic E-state index is 4.60. The van der Waals surface area contributed by atoms with Crippen LogP contribution in [0.2, 0.25) is 0 Å². The third kappa shape index (κ3) is 4.11. The first-order chi connectivity index (χ1) is 9.42. The van der Waals surface area contributed by atoms with Crippen molar-refractivity contribution in [3.8, 4) is 0 Å². The molecule has 0 bridgehead atoms. The Kier molecular flexibility index (Phi) is 4.95. The molecule has 2 fully saturated rings. The number of likely N-dealkylation sites (tertiary alicyclic amines) is 1. The lowest BCUT2D eigenvalue weighted by Gasteiger charge is -2.35. The van der Waals surface area contributed by atoms with Gasteiger partial charge in [-0.15, -0.1) is 0 Å². The van der Waals surface area contributed by atoms with Crippen molar-refractivity contribution >= 4 is 5.96 Å². The summed E-state index contributed by atoms with van der Waals surface area (Å²) >= 11 is 0. The lowest BCUT2D eigenvalue weighted by molar-refractivity contribution is 0.167. The molecule has 1 unspecified atom stereocenters. The summed E-state index contributed by atoms with van der Waals surface area (Å²) in [4.78, 5) is 7.16. The summed E-state index contributed by atoms with van der Waals surface area (Å²) in [6.45, 7) is 14.5. The van der Waals surface area contributed by atoms with Gasteiger partial charge >= 0.3 is 0 Å². The molecule has 1 saturated carbocycles. The molecule has 1 aliphatic carbocycles. The number of aliphatic imine (C=N–C) groups is 1. The predicted molar refractivity (Wildman–Crippen MR) is 86.2 cm³/mol. The molecule has 0 aromatic rings. The van der Waals surface area contributed by atoms with Gasteiger partial charge in [0, 0.05) is 37.8 Å². The van der Waals surface area contributed by atoms with Gasteiger partial charge in [-0.3, -0.25) is 4.99 Å².